The summed E-state index contributed by atoms with van der Waals surface area (Å²) in [4.78, 5) is 25.9. The van der Waals surface area contributed by atoms with Crippen LogP contribution >= 0.6 is 39.1 Å². The summed E-state index contributed by atoms with van der Waals surface area (Å²) in [5.74, 6) is -0.667. The summed E-state index contributed by atoms with van der Waals surface area (Å²) in [6, 6.07) is 10.3. The van der Waals surface area contributed by atoms with E-state index in [0.717, 1.165) is 10.0 Å². The Kier molecular flexibility index (Phi) is 6.27. The van der Waals surface area contributed by atoms with Crippen molar-refractivity contribution >= 4 is 56.6 Å². The predicted octanol–water partition coefficient (Wildman–Crippen LogP) is 4.78. The normalized spacial score (nSPS) is 10.4. The Labute approximate surface area is 158 Å². The van der Waals surface area contributed by atoms with Gasteiger partial charge in [-0.15, -0.1) is 0 Å². The molecule has 1 N–H and O–H groups in total. The molecular formula is C17H15BrCl2N2O2. The van der Waals surface area contributed by atoms with Gasteiger partial charge in [0.1, 0.15) is 0 Å². The number of anilines is 1. The molecule has 0 atom stereocenters. The molecule has 0 fully saturated rings. The van der Waals surface area contributed by atoms with Gasteiger partial charge in [-0.05, 0) is 42.8 Å². The number of carbonyl (C=O) groups excluding carboxylic acids is 2. The van der Waals surface area contributed by atoms with Crippen LogP contribution in [0.25, 0.3) is 0 Å². The second-order valence-corrected chi connectivity index (χ2v) is 6.97. The van der Waals surface area contributed by atoms with E-state index in [1.54, 1.807) is 24.3 Å². The smallest absolute Gasteiger partial charge is 0.255 e. The number of amides is 2. The fraction of sp³-hybridized carbons (Fsp3) is 0.176. The van der Waals surface area contributed by atoms with Crippen LogP contribution in [0.3, 0.4) is 0 Å². The van der Waals surface area contributed by atoms with Crippen LogP contribution in [0.1, 0.15) is 15.9 Å². The van der Waals surface area contributed by atoms with Crippen molar-refractivity contribution in [2.75, 3.05) is 18.9 Å². The number of halogens is 3. The van der Waals surface area contributed by atoms with Crippen LogP contribution in [0.4, 0.5) is 5.69 Å². The predicted molar refractivity (Wildman–Crippen MR) is 101 cm³/mol. The lowest BCUT2D eigenvalue weighted by Crippen LogP contribution is -2.35. The van der Waals surface area contributed by atoms with Crippen molar-refractivity contribution in [3.05, 3.63) is 62.0 Å². The van der Waals surface area contributed by atoms with Gasteiger partial charge in [-0.3, -0.25) is 9.59 Å². The Morgan fingerprint density at radius 2 is 1.92 bits per heavy atom. The summed E-state index contributed by atoms with van der Waals surface area (Å²) in [5, 5.41) is 3.27. The molecule has 2 aromatic rings. The summed E-state index contributed by atoms with van der Waals surface area (Å²) in [7, 11) is 1.54. The fourth-order valence-electron chi connectivity index (χ4n) is 2.12. The minimum absolute atomic E-state index is 0.100. The molecule has 0 saturated heterocycles. The van der Waals surface area contributed by atoms with E-state index in [0.29, 0.717) is 10.7 Å². The molecule has 126 valence electrons. The number of nitrogens with one attached hydrogen (secondary N) is 1. The third-order valence-electron chi connectivity index (χ3n) is 3.37. The number of rotatable bonds is 4. The van der Waals surface area contributed by atoms with Crippen LogP contribution in [-0.2, 0) is 4.79 Å². The number of benzene rings is 2. The Bertz CT molecular complexity index is 796. The van der Waals surface area contributed by atoms with Gasteiger partial charge < -0.3 is 10.2 Å². The molecule has 0 heterocycles. The second-order valence-electron chi connectivity index (χ2n) is 5.27. The fourth-order valence-corrected chi connectivity index (χ4v) is 2.98. The van der Waals surface area contributed by atoms with Crippen LogP contribution < -0.4 is 5.32 Å². The molecule has 0 bridgehead atoms. The van der Waals surface area contributed by atoms with Crippen LogP contribution in [-0.4, -0.2) is 30.3 Å². The van der Waals surface area contributed by atoms with Crippen LogP contribution in [0.5, 0.6) is 0 Å². The number of hydrogen-bond donors (Lipinski definition) is 1. The van der Waals surface area contributed by atoms with Gasteiger partial charge in [0.15, 0.2) is 0 Å². The van der Waals surface area contributed by atoms with Crippen molar-refractivity contribution in [3.8, 4) is 0 Å². The van der Waals surface area contributed by atoms with E-state index in [2.05, 4.69) is 21.2 Å². The molecule has 0 spiro atoms. The van der Waals surface area contributed by atoms with Gasteiger partial charge in [-0.25, -0.2) is 0 Å². The zero-order chi connectivity index (χ0) is 17.9. The Morgan fingerprint density at radius 3 is 2.58 bits per heavy atom. The third-order valence-corrected chi connectivity index (χ3v) is 4.68. The number of aryl methyl sites for hydroxylation is 1. The molecule has 2 aromatic carbocycles. The van der Waals surface area contributed by atoms with E-state index in [1.807, 2.05) is 19.1 Å². The van der Waals surface area contributed by atoms with E-state index in [1.165, 1.54) is 11.9 Å². The summed E-state index contributed by atoms with van der Waals surface area (Å²) in [6.45, 7) is 1.79. The first-order chi connectivity index (χ1) is 11.3. The van der Waals surface area contributed by atoms with Gasteiger partial charge in [0.25, 0.3) is 5.91 Å². The zero-order valence-electron chi connectivity index (χ0n) is 13.1. The van der Waals surface area contributed by atoms with Crippen molar-refractivity contribution in [2.45, 2.75) is 6.92 Å². The standard InChI is InChI=1S/C17H15BrCl2N2O2/c1-10-8-11(18)6-7-14(10)21-15(23)9-22(2)17(24)12-4-3-5-13(19)16(12)20/h3-8H,9H2,1-2H3,(H,21,23). The summed E-state index contributed by atoms with van der Waals surface area (Å²) in [5.41, 5.74) is 1.88. The maximum atomic E-state index is 12.4. The van der Waals surface area contributed by atoms with Crippen LogP contribution in [0, 0.1) is 6.92 Å². The van der Waals surface area contributed by atoms with E-state index in [9.17, 15) is 9.59 Å². The molecule has 0 saturated carbocycles. The first-order valence-corrected chi connectivity index (χ1v) is 8.60. The number of carbonyl (C=O) groups is 2. The Balaban J connectivity index is 2.05. The summed E-state index contributed by atoms with van der Waals surface area (Å²) >= 11 is 15.3. The van der Waals surface area contributed by atoms with Crippen LogP contribution in [0.2, 0.25) is 10.0 Å². The molecular weight excluding hydrogens is 415 g/mol. The maximum absolute atomic E-state index is 12.4. The number of nitrogens with zero attached hydrogens (tertiary/aromatic N) is 1. The van der Waals surface area contributed by atoms with Crippen molar-refractivity contribution in [1.82, 2.24) is 4.90 Å². The molecule has 4 nitrogen and oxygen atoms in total. The Morgan fingerprint density at radius 1 is 1.21 bits per heavy atom. The molecule has 24 heavy (non-hydrogen) atoms. The van der Waals surface area contributed by atoms with Gasteiger partial charge in [-0.1, -0.05) is 45.2 Å². The van der Waals surface area contributed by atoms with Gasteiger partial charge in [0, 0.05) is 17.2 Å². The minimum atomic E-state index is -0.370. The lowest BCUT2D eigenvalue weighted by atomic mass is 10.2. The van der Waals surface area contributed by atoms with Crippen LogP contribution in [0.15, 0.2) is 40.9 Å². The van der Waals surface area contributed by atoms with Gasteiger partial charge in [0.2, 0.25) is 5.91 Å². The van der Waals surface area contributed by atoms with Gasteiger partial charge >= 0.3 is 0 Å². The molecule has 0 aromatic heterocycles. The average Bonchev–Trinajstić information content (AvgIpc) is 2.52. The van der Waals surface area contributed by atoms with Crippen molar-refractivity contribution in [1.29, 1.82) is 0 Å². The van der Waals surface area contributed by atoms with E-state index >= 15 is 0 Å². The van der Waals surface area contributed by atoms with E-state index < -0.39 is 0 Å². The topological polar surface area (TPSA) is 49.4 Å². The molecule has 0 aliphatic rings. The highest BCUT2D eigenvalue weighted by atomic mass is 79.9. The number of hydrogen-bond acceptors (Lipinski definition) is 2. The van der Waals surface area contributed by atoms with Crippen molar-refractivity contribution in [2.24, 2.45) is 0 Å². The highest BCUT2D eigenvalue weighted by Gasteiger charge is 2.19. The van der Waals surface area contributed by atoms with E-state index in [-0.39, 0.29) is 28.9 Å². The zero-order valence-corrected chi connectivity index (χ0v) is 16.2. The first kappa shape index (κ1) is 18.8. The quantitative estimate of drug-likeness (QED) is 0.760. The molecule has 0 unspecified atom stereocenters. The number of likely N-dealkylation sites (N-methyl/N-ethyl adjacent to an activating group) is 1. The lowest BCUT2D eigenvalue weighted by Gasteiger charge is -2.18. The summed E-state index contributed by atoms with van der Waals surface area (Å²) in [6.07, 6.45) is 0. The molecule has 7 heteroatoms. The maximum Gasteiger partial charge on any atom is 0.255 e. The molecule has 0 aliphatic heterocycles. The highest BCUT2D eigenvalue weighted by Crippen LogP contribution is 2.26. The summed E-state index contributed by atoms with van der Waals surface area (Å²) < 4.78 is 0.931. The molecule has 0 aliphatic carbocycles. The van der Waals surface area contributed by atoms with E-state index in [4.69, 9.17) is 23.2 Å². The average molecular weight is 430 g/mol. The molecule has 2 rings (SSSR count). The SMILES string of the molecule is Cc1cc(Br)ccc1NC(=O)CN(C)C(=O)c1cccc(Cl)c1Cl. The van der Waals surface area contributed by atoms with Crippen molar-refractivity contribution < 1.29 is 9.59 Å². The monoisotopic (exact) mass is 428 g/mol. The Hall–Kier alpha value is -1.56. The third kappa shape index (κ3) is 4.50. The highest BCUT2D eigenvalue weighted by molar-refractivity contribution is 9.10. The first-order valence-electron chi connectivity index (χ1n) is 7.05. The van der Waals surface area contributed by atoms with Gasteiger partial charge in [-0.2, -0.15) is 0 Å². The van der Waals surface area contributed by atoms with Crippen molar-refractivity contribution in [3.63, 3.8) is 0 Å². The lowest BCUT2D eigenvalue weighted by molar-refractivity contribution is -0.116. The minimum Gasteiger partial charge on any atom is -0.332 e. The largest absolute Gasteiger partial charge is 0.332 e. The second kappa shape index (κ2) is 8.01. The van der Waals surface area contributed by atoms with Gasteiger partial charge in [0.05, 0.1) is 22.2 Å². The molecule has 2 amide bonds. The molecule has 0 radical (unpaired) electrons.